The molecule has 4 rings (SSSR count). The summed E-state index contributed by atoms with van der Waals surface area (Å²) < 4.78 is 1.82. The van der Waals surface area contributed by atoms with Gasteiger partial charge in [0.25, 0.3) is 0 Å². The van der Waals surface area contributed by atoms with Gasteiger partial charge in [0.05, 0.1) is 11.4 Å². The predicted molar refractivity (Wildman–Crippen MR) is 112 cm³/mol. The molecule has 1 aliphatic heterocycles. The van der Waals surface area contributed by atoms with E-state index in [0.717, 1.165) is 39.8 Å². The van der Waals surface area contributed by atoms with E-state index >= 15 is 0 Å². The van der Waals surface area contributed by atoms with Crippen molar-refractivity contribution < 1.29 is 4.79 Å². The third-order valence-electron chi connectivity index (χ3n) is 4.39. The van der Waals surface area contributed by atoms with Gasteiger partial charge in [0.2, 0.25) is 5.91 Å². The number of aryl methyl sites for hydroxylation is 1. The molecule has 136 valence electrons. The van der Waals surface area contributed by atoms with E-state index in [1.165, 1.54) is 11.6 Å². The summed E-state index contributed by atoms with van der Waals surface area (Å²) in [6, 6.07) is 15.5. The predicted octanol–water partition coefficient (Wildman–Crippen LogP) is 5.23. The Morgan fingerprint density at radius 3 is 2.74 bits per heavy atom. The Balaban J connectivity index is 1.62. The molecule has 3 aromatic rings. The first-order valence-electron chi connectivity index (χ1n) is 8.61. The molecule has 2 heterocycles. The zero-order valence-electron chi connectivity index (χ0n) is 14.8. The van der Waals surface area contributed by atoms with Gasteiger partial charge in [0, 0.05) is 28.2 Å². The van der Waals surface area contributed by atoms with E-state index in [-0.39, 0.29) is 5.91 Å². The molecule has 1 aromatic heterocycles. The van der Waals surface area contributed by atoms with Gasteiger partial charge >= 0.3 is 0 Å². The van der Waals surface area contributed by atoms with Gasteiger partial charge in [-0.25, -0.2) is 4.68 Å². The molecule has 0 saturated heterocycles. The second kappa shape index (κ2) is 7.62. The average Bonchev–Trinajstić information content (AvgIpc) is 3.24. The number of rotatable bonds is 4. The van der Waals surface area contributed by atoms with Crippen LogP contribution in [0.3, 0.4) is 0 Å². The Morgan fingerprint density at radius 2 is 1.96 bits per heavy atom. The van der Waals surface area contributed by atoms with Crippen molar-refractivity contribution in [3.05, 3.63) is 82.0 Å². The van der Waals surface area contributed by atoms with Crippen molar-refractivity contribution in [2.24, 2.45) is 0 Å². The van der Waals surface area contributed by atoms with Crippen molar-refractivity contribution in [2.45, 2.75) is 18.4 Å². The van der Waals surface area contributed by atoms with Crippen LogP contribution in [0.25, 0.3) is 11.8 Å². The maximum Gasteiger partial charge on any atom is 0.249 e. The smallest absolute Gasteiger partial charge is 0.249 e. The summed E-state index contributed by atoms with van der Waals surface area (Å²) in [7, 11) is 0. The van der Waals surface area contributed by atoms with Crippen LogP contribution in [-0.2, 0) is 16.3 Å². The minimum atomic E-state index is -0.206. The SMILES string of the molecule is Cc1ccc(-n2nc3c(c2NC(=O)/C=C/c2ccccc2Cl)CSC3)cc1. The fraction of sp³-hybridized carbons (Fsp3) is 0.143. The molecule has 1 amide bonds. The normalized spacial score (nSPS) is 13.1. The highest BCUT2D eigenvalue weighted by Gasteiger charge is 2.24. The number of anilines is 1. The van der Waals surface area contributed by atoms with Crippen molar-refractivity contribution in [3.63, 3.8) is 0 Å². The van der Waals surface area contributed by atoms with Gasteiger partial charge < -0.3 is 5.32 Å². The molecule has 4 nitrogen and oxygen atoms in total. The van der Waals surface area contributed by atoms with Crippen molar-refractivity contribution in [1.29, 1.82) is 0 Å². The summed E-state index contributed by atoms with van der Waals surface area (Å²) in [5.41, 5.74) is 5.06. The lowest BCUT2D eigenvalue weighted by molar-refractivity contribution is -0.111. The molecule has 27 heavy (non-hydrogen) atoms. The lowest BCUT2D eigenvalue weighted by Crippen LogP contribution is -2.13. The Hall–Kier alpha value is -2.50. The van der Waals surface area contributed by atoms with Gasteiger partial charge in [-0.05, 0) is 36.8 Å². The first kappa shape index (κ1) is 17.9. The number of fused-ring (bicyclic) bond motifs is 1. The van der Waals surface area contributed by atoms with Crippen LogP contribution in [0, 0.1) is 6.92 Å². The number of hydrogen-bond acceptors (Lipinski definition) is 3. The third-order valence-corrected chi connectivity index (χ3v) is 5.71. The van der Waals surface area contributed by atoms with E-state index < -0.39 is 0 Å². The molecule has 0 saturated carbocycles. The largest absolute Gasteiger partial charge is 0.307 e. The first-order valence-corrected chi connectivity index (χ1v) is 10.1. The molecule has 0 bridgehead atoms. The van der Waals surface area contributed by atoms with E-state index in [1.54, 1.807) is 23.9 Å². The number of amides is 1. The quantitative estimate of drug-likeness (QED) is 0.615. The molecule has 1 aliphatic rings. The topological polar surface area (TPSA) is 46.9 Å². The molecule has 2 aromatic carbocycles. The molecule has 0 radical (unpaired) electrons. The minimum absolute atomic E-state index is 0.206. The van der Waals surface area contributed by atoms with Gasteiger partial charge in [0.15, 0.2) is 0 Å². The highest BCUT2D eigenvalue weighted by molar-refractivity contribution is 7.98. The number of thioether (sulfide) groups is 1. The Morgan fingerprint density at radius 1 is 1.19 bits per heavy atom. The molecular weight excluding hydrogens is 378 g/mol. The first-order chi connectivity index (χ1) is 13.1. The van der Waals surface area contributed by atoms with Gasteiger partial charge in [-0.2, -0.15) is 16.9 Å². The summed E-state index contributed by atoms with van der Waals surface area (Å²) >= 11 is 7.95. The second-order valence-corrected chi connectivity index (χ2v) is 7.75. The molecule has 6 heteroatoms. The maximum absolute atomic E-state index is 12.5. The standard InChI is InChI=1S/C21H18ClN3OS/c1-14-6-9-16(10-7-14)25-21(17-12-27-13-19(17)24-25)23-20(26)11-8-15-4-2-3-5-18(15)22/h2-11H,12-13H2,1H3,(H,23,26)/b11-8+. The highest BCUT2D eigenvalue weighted by Crippen LogP contribution is 2.36. The van der Waals surface area contributed by atoms with Crippen molar-refractivity contribution >= 4 is 41.2 Å². The number of nitrogens with zero attached hydrogens (tertiary/aromatic N) is 2. The zero-order chi connectivity index (χ0) is 18.8. The number of aromatic nitrogens is 2. The monoisotopic (exact) mass is 395 g/mol. The molecule has 0 unspecified atom stereocenters. The van der Waals surface area contributed by atoms with Crippen LogP contribution in [0.4, 0.5) is 5.82 Å². The van der Waals surface area contributed by atoms with Crippen molar-refractivity contribution in [3.8, 4) is 5.69 Å². The summed E-state index contributed by atoms with van der Waals surface area (Å²) in [4.78, 5) is 12.5. The fourth-order valence-electron chi connectivity index (χ4n) is 2.95. The minimum Gasteiger partial charge on any atom is -0.307 e. The fourth-order valence-corrected chi connectivity index (χ4v) is 4.18. The van der Waals surface area contributed by atoms with Crippen LogP contribution in [0.2, 0.25) is 5.02 Å². The average molecular weight is 396 g/mol. The number of benzene rings is 2. The van der Waals surface area contributed by atoms with Crippen LogP contribution in [0.1, 0.15) is 22.4 Å². The number of hydrogen-bond donors (Lipinski definition) is 1. The van der Waals surface area contributed by atoms with Crippen molar-refractivity contribution in [2.75, 3.05) is 5.32 Å². The Labute approximate surface area is 167 Å². The number of carbonyl (C=O) groups excluding carboxylic acids is 1. The maximum atomic E-state index is 12.5. The summed E-state index contributed by atoms with van der Waals surface area (Å²) in [6.07, 6.45) is 3.22. The Kier molecular flexibility index (Phi) is 5.05. The number of carbonyl (C=O) groups is 1. The summed E-state index contributed by atoms with van der Waals surface area (Å²) in [6.45, 7) is 2.05. The number of nitrogens with one attached hydrogen (secondary N) is 1. The number of halogens is 1. The molecule has 0 spiro atoms. The van der Waals surface area contributed by atoms with E-state index in [4.69, 9.17) is 16.7 Å². The Bertz CT molecular complexity index is 1020. The molecule has 0 fully saturated rings. The molecule has 1 N–H and O–H groups in total. The summed E-state index contributed by atoms with van der Waals surface area (Å²) in [5, 5.41) is 8.34. The van der Waals surface area contributed by atoms with E-state index in [1.807, 2.05) is 54.1 Å². The van der Waals surface area contributed by atoms with Gasteiger partial charge in [-0.15, -0.1) is 0 Å². The molecule has 0 aliphatic carbocycles. The van der Waals surface area contributed by atoms with Crippen LogP contribution < -0.4 is 5.32 Å². The van der Waals surface area contributed by atoms with Crippen molar-refractivity contribution in [1.82, 2.24) is 9.78 Å². The summed E-state index contributed by atoms with van der Waals surface area (Å²) in [5.74, 6) is 2.26. The van der Waals surface area contributed by atoms with Crippen LogP contribution in [-0.4, -0.2) is 15.7 Å². The van der Waals surface area contributed by atoms with E-state index in [9.17, 15) is 4.79 Å². The zero-order valence-corrected chi connectivity index (χ0v) is 16.3. The van der Waals surface area contributed by atoms with Gasteiger partial charge in [-0.1, -0.05) is 47.5 Å². The second-order valence-electron chi connectivity index (χ2n) is 6.36. The third kappa shape index (κ3) is 3.80. The van der Waals surface area contributed by atoms with Crippen LogP contribution in [0.5, 0.6) is 0 Å². The molecular formula is C21H18ClN3OS. The lowest BCUT2D eigenvalue weighted by Gasteiger charge is -2.10. The van der Waals surface area contributed by atoms with Crippen LogP contribution in [0.15, 0.2) is 54.6 Å². The van der Waals surface area contributed by atoms with Crippen LogP contribution >= 0.6 is 23.4 Å². The van der Waals surface area contributed by atoms with E-state index in [0.29, 0.717) is 5.02 Å². The van der Waals surface area contributed by atoms with E-state index in [2.05, 4.69) is 5.32 Å². The highest BCUT2D eigenvalue weighted by atomic mass is 35.5. The van der Waals surface area contributed by atoms with Gasteiger partial charge in [-0.3, -0.25) is 4.79 Å². The van der Waals surface area contributed by atoms with Gasteiger partial charge in [0.1, 0.15) is 5.82 Å². The molecule has 0 atom stereocenters. The lowest BCUT2D eigenvalue weighted by atomic mass is 10.2.